The predicted molar refractivity (Wildman–Crippen MR) is 73.4 cm³/mol. The summed E-state index contributed by atoms with van der Waals surface area (Å²) < 4.78 is 5.14. The smallest absolute Gasteiger partial charge is 0.265 e. The van der Waals surface area contributed by atoms with Gasteiger partial charge in [-0.3, -0.25) is 4.79 Å². The summed E-state index contributed by atoms with van der Waals surface area (Å²) >= 11 is 1.42. The molecule has 1 saturated heterocycles. The molecule has 2 N–H and O–H groups in total. The lowest BCUT2D eigenvalue weighted by Crippen LogP contribution is -2.33. The molecule has 1 aliphatic heterocycles. The van der Waals surface area contributed by atoms with Crippen LogP contribution in [0.4, 0.5) is 0 Å². The molecule has 100 valence electrons. The van der Waals surface area contributed by atoms with Crippen LogP contribution in [0.5, 0.6) is 5.75 Å². The van der Waals surface area contributed by atoms with Gasteiger partial charge in [-0.05, 0) is 49.7 Å². The summed E-state index contributed by atoms with van der Waals surface area (Å²) in [6, 6.07) is 1.82. The maximum atomic E-state index is 11.9. The topological polar surface area (TPSA) is 50.4 Å². The molecule has 0 radical (unpaired) electrons. The van der Waals surface area contributed by atoms with Crippen LogP contribution >= 0.6 is 11.3 Å². The number of amides is 1. The highest BCUT2D eigenvalue weighted by molar-refractivity contribution is 7.12. The summed E-state index contributed by atoms with van der Waals surface area (Å²) in [6.45, 7) is 2.96. The van der Waals surface area contributed by atoms with Crippen LogP contribution in [0, 0.1) is 5.92 Å². The van der Waals surface area contributed by atoms with E-state index in [1.807, 2.05) is 11.4 Å². The first-order valence-corrected chi connectivity index (χ1v) is 7.29. The van der Waals surface area contributed by atoms with Gasteiger partial charge in [-0.1, -0.05) is 0 Å². The van der Waals surface area contributed by atoms with Crippen LogP contribution < -0.4 is 15.4 Å². The molecule has 0 aromatic carbocycles. The Bertz CT molecular complexity index is 386. The standard InChI is InChI=1S/C13H20N2O2S/c1-17-11-5-8-18-12(11)13(16)15-7-4-10-3-2-6-14-9-10/h5,8,10,14H,2-4,6-7,9H2,1H3,(H,15,16). The van der Waals surface area contributed by atoms with Crippen molar-refractivity contribution in [2.24, 2.45) is 5.92 Å². The molecule has 0 saturated carbocycles. The number of carbonyl (C=O) groups is 1. The normalized spacial score (nSPS) is 19.5. The van der Waals surface area contributed by atoms with E-state index in [9.17, 15) is 4.79 Å². The van der Waals surface area contributed by atoms with Crippen molar-refractivity contribution in [3.8, 4) is 5.75 Å². The molecule has 0 spiro atoms. The van der Waals surface area contributed by atoms with Gasteiger partial charge in [0.2, 0.25) is 0 Å². The second kappa shape index (κ2) is 6.75. The highest BCUT2D eigenvalue weighted by Gasteiger charge is 2.15. The summed E-state index contributed by atoms with van der Waals surface area (Å²) in [6.07, 6.45) is 3.56. The van der Waals surface area contributed by atoms with Gasteiger partial charge < -0.3 is 15.4 Å². The van der Waals surface area contributed by atoms with Crippen molar-refractivity contribution >= 4 is 17.2 Å². The predicted octanol–water partition coefficient (Wildman–Crippen LogP) is 1.88. The Labute approximate surface area is 112 Å². The van der Waals surface area contributed by atoms with E-state index in [2.05, 4.69) is 10.6 Å². The van der Waals surface area contributed by atoms with Crippen molar-refractivity contribution in [2.75, 3.05) is 26.7 Å². The lowest BCUT2D eigenvalue weighted by molar-refractivity contribution is 0.0952. The zero-order chi connectivity index (χ0) is 12.8. The minimum Gasteiger partial charge on any atom is -0.495 e. The van der Waals surface area contributed by atoms with E-state index in [0.717, 1.165) is 26.1 Å². The van der Waals surface area contributed by atoms with Gasteiger partial charge in [-0.25, -0.2) is 0 Å². The van der Waals surface area contributed by atoms with E-state index in [-0.39, 0.29) is 5.91 Å². The minimum atomic E-state index is -0.0226. The molecule has 5 heteroatoms. The summed E-state index contributed by atoms with van der Waals surface area (Å²) in [5, 5.41) is 8.23. The van der Waals surface area contributed by atoms with Crippen molar-refractivity contribution in [3.63, 3.8) is 0 Å². The number of carbonyl (C=O) groups excluding carboxylic acids is 1. The third-order valence-corrected chi connectivity index (χ3v) is 4.19. The molecule has 1 aliphatic rings. The summed E-state index contributed by atoms with van der Waals surface area (Å²) in [5.41, 5.74) is 0. The number of methoxy groups -OCH3 is 1. The van der Waals surface area contributed by atoms with Crippen molar-refractivity contribution in [2.45, 2.75) is 19.3 Å². The van der Waals surface area contributed by atoms with E-state index in [1.165, 1.54) is 24.2 Å². The van der Waals surface area contributed by atoms with E-state index < -0.39 is 0 Å². The Morgan fingerprint density at radius 3 is 3.28 bits per heavy atom. The molecule has 1 fully saturated rings. The molecular weight excluding hydrogens is 248 g/mol. The van der Waals surface area contributed by atoms with Crippen molar-refractivity contribution < 1.29 is 9.53 Å². The first kappa shape index (κ1) is 13.4. The third-order valence-electron chi connectivity index (χ3n) is 3.29. The summed E-state index contributed by atoms with van der Waals surface area (Å²) in [7, 11) is 1.59. The first-order chi connectivity index (χ1) is 8.81. The molecule has 2 rings (SSSR count). The Morgan fingerprint density at radius 2 is 2.56 bits per heavy atom. The fraction of sp³-hybridized carbons (Fsp3) is 0.615. The number of nitrogens with one attached hydrogen (secondary N) is 2. The Hall–Kier alpha value is -1.07. The number of hydrogen-bond donors (Lipinski definition) is 2. The minimum absolute atomic E-state index is 0.0226. The van der Waals surface area contributed by atoms with Gasteiger partial charge in [-0.2, -0.15) is 0 Å². The average molecular weight is 268 g/mol. The molecule has 1 atom stereocenters. The molecule has 2 heterocycles. The van der Waals surface area contributed by atoms with E-state index in [1.54, 1.807) is 7.11 Å². The fourth-order valence-electron chi connectivity index (χ4n) is 2.26. The maximum Gasteiger partial charge on any atom is 0.265 e. The lowest BCUT2D eigenvalue weighted by Gasteiger charge is -2.22. The lowest BCUT2D eigenvalue weighted by atomic mass is 9.96. The van der Waals surface area contributed by atoms with Gasteiger partial charge in [0.1, 0.15) is 10.6 Å². The zero-order valence-electron chi connectivity index (χ0n) is 10.7. The van der Waals surface area contributed by atoms with Gasteiger partial charge in [0, 0.05) is 6.54 Å². The quantitative estimate of drug-likeness (QED) is 0.857. The number of rotatable bonds is 5. The fourth-order valence-corrected chi connectivity index (χ4v) is 3.04. The van der Waals surface area contributed by atoms with Gasteiger partial charge in [0.05, 0.1) is 7.11 Å². The second-order valence-corrected chi connectivity index (χ2v) is 5.49. The molecular formula is C13H20N2O2S. The van der Waals surface area contributed by atoms with Crippen LogP contribution in [0.25, 0.3) is 0 Å². The van der Waals surface area contributed by atoms with Crippen LogP contribution in [0.15, 0.2) is 11.4 Å². The zero-order valence-corrected chi connectivity index (χ0v) is 11.5. The van der Waals surface area contributed by atoms with E-state index in [0.29, 0.717) is 16.5 Å². The highest BCUT2D eigenvalue weighted by atomic mass is 32.1. The Balaban J connectivity index is 1.74. The number of piperidine rings is 1. The second-order valence-electron chi connectivity index (χ2n) is 4.58. The highest BCUT2D eigenvalue weighted by Crippen LogP contribution is 2.24. The monoisotopic (exact) mass is 268 g/mol. The molecule has 1 aromatic rings. The van der Waals surface area contributed by atoms with Crippen LogP contribution in [-0.2, 0) is 0 Å². The van der Waals surface area contributed by atoms with Gasteiger partial charge in [0.25, 0.3) is 5.91 Å². The van der Waals surface area contributed by atoms with Crippen LogP contribution in [-0.4, -0.2) is 32.7 Å². The van der Waals surface area contributed by atoms with Crippen LogP contribution in [0.3, 0.4) is 0 Å². The van der Waals surface area contributed by atoms with Crippen LogP contribution in [0.1, 0.15) is 28.9 Å². The number of hydrogen-bond acceptors (Lipinski definition) is 4. The molecule has 4 nitrogen and oxygen atoms in total. The van der Waals surface area contributed by atoms with Gasteiger partial charge in [-0.15, -0.1) is 11.3 Å². The molecule has 0 aliphatic carbocycles. The Morgan fingerprint density at radius 1 is 1.67 bits per heavy atom. The summed E-state index contributed by atoms with van der Waals surface area (Å²) in [4.78, 5) is 12.6. The molecule has 18 heavy (non-hydrogen) atoms. The van der Waals surface area contributed by atoms with Crippen molar-refractivity contribution in [1.29, 1.82) is 0 Å². The van der Waals surface area contributed by atoms with Crippen LogP contribution in [0.2, 0.25) is 0 Å². The molecule has 1 aromatic heterocycles. The Kier molecular flexibility index (Phi) is 5.01. The van der Waals surface area contributed by atoms with Gasteiger partial charge in [0.15, 0.2) is 0 Å². The molecule has 0 bridgehead atoms. The van der Waals surface area contributed by atoms with E-state index >= 15 is 0 Å². The third kappa shape index (κ3) is 3.46. The molecule has 1 amide bonds. The first-order valence-electron chi connectivity index (χ1n) is 6.41. The number of ether oxygens (including phenoxy) is 1. The van der Waals surface area contributed by atoms with E-state index in [4.69, 9.17) is 4.74 Å². The largest absolute Gasteiger partial charge is 0.495 e. The van der Waals surface area contributed by atoms with Crippen molar-refractivity contribution in [3.05, 3.63) is 16.3 Å². The maximum absolute atomic E-state index is 11.9. The van der Waals surface area contributed by atoms with Crippen molar-refractivity contribution in [1.82, 2.24) is 10.6 Å². The van der Waals surface area contributed by atoms with Gasteiger partial charge >= 0.3 is 0 Å². The summed E-state index contributed by atoms with van der Waals surface area (Å²) in [5.74, 6) is 1.34. The number of thiophene rings is 1. The average Bonchev–Trinajstić information content (AvgIpc) is 2.88. The SMILES string of the molecule is COc1ccsc1C(=O)NCCC1CCCNC1. The molecule has 1 unspecified atom stereocenters.